The molecular formula is C15H12BrN3O3S. The van der Waals surface area contributed by atoms with Gasteiger partial charge in [-0.2, -0.15) is 0 Å². The van der Waals surface area contributed by atoms with Crippen LogP contribution in [0.1, 0.15) is 5.76 Å². The number of hydrogen-bond acceptors (Lipinski definition) is 5. The second-order valence-corrected chi connectivity index (χ2v) is 6.64. The molecule has 8 heteroatoms. The predicted octanol–water partition coefficient (Wildman–Crippen LogP) is 2.38. The Balaban J connectivity index is 2.15. The second kappa shape index (κ2) is 6.59. The van der Waals surface area contributed by atoms with E-state index in [9.17, 15) is 9.59 Å². The lowest BCUT2D eigenvalue weighted by Crippen LogP contribution is -2.24. The van der Waals surface area contributed by atoms with Gasteiger partial charge >= 0.3 is 0 Å². The van der Waals surface area contributed by atoms with Gasteiger partial charge in [0.15, 0.2) is 5.16 Å². The molecule has 6 nitrogen and oxygen atoms in total. The molecule has 118 valence electrons. The average molecular weight is 394 g/mol. The van der Waals surface area contributed by atoms with Crippen molar-refractivity contribution in [2.45, 2.75) is 11.7 Å². The van der Waals surface area contributed by atoms with Crippen molar-refractivity contribution in [1.29, 1.82) is 0 Å². The van der Waals surface area contributed by atoms with E-state index in [0.717, 1.165) is 16.2 Å². The first-order valence-corrected chi connectivity index (χ1v) is 8.46. The molecule has 0 unspecified atom stereocenters. The summed E-state index contributed by atoms with van der Waals surface area (Å²) in [5.41, 5.74) is 5.57. The fourth-order valence-corrected chi connectivity index (χ4v) is 3.22. The summed E-state index contributed by atoms with van der Waals surface area (Å²) in [5.74, 6) is 0.209. The summed E-state index contributed by atoms with van der Waals surface area (Å²) < 4.78 is 7.60. The number of primary amides is 1. The smallest absolute Gasteiger partial charge is 0.262 e. The van der Waals surface area contributed by atoms with Crippen LogP contribution in [0.2, 0.25) is 0 Å². The maximum absolute atomic E-state index is 12.8. The highest BCUT2D eigenvalue weighted by molar-refractivity contribution is 9.10. The van der Waals surface area contributed by atoms with Gasteiger partial charge in [-0.3, -0.25) is 14.2 Å². The molecule has 2 N–H and O–H groups in total. The van der Waals surface area contributed by atoms with E-state index >= 15 is 0 Å². The van der Waals surface area contributed by atoms with Crippen LogP contribution in [-0.4, -0.2) is 21.2 Å². The largest absolute Gasteiger partial charge is 0.467 e. The number of nitrogens with zero attached hydrogens (tertiary/aromatic N) is 2. The Morgan fingerprint density at radius 1 is 1.39 bits per heavy atom. The van der Waals surface area contributed by atoms with Crippen molar-refractivity contribution in [2.75, 3.05) is 5.75 Å². The first-order chi connectivity index (χ1) is 11.0. The zero-order chi connectivity index (χ0) is 16.4. The number of halogens is 1. The van der Waals surface area contributed by atoms with Crippen molar-refractivity contribution in [3.05, 3.63) is 57.2 Å². The van der Waals surface area contributed by atoms with Crippen molar-refractivity contribution in [3.63, 3.8) is 0 Å². The van der Waals surface area contributed by atoms with E-state index in [1.165, 1.54) is 4.57 Å². The van der Waals surface area contributed by atoms with E-state index in [2.05, 4.69) is 20.9 Å². The summed E-state index contributed by atoms with van der Waals surface area (Å²) in [7, 11) is 0. The van der Waals surface area contributed by atoms with Gasteiger partial charge in [-0.05, 0) is 30.3 Å². The molecule has 0 fully saturated rings. The fraction of sp³-hybridized carbons (Fsp3) is 0.133. The molecule has 23 heavy (non-hydrogen) atoms. The van der Waals surface area contributed by atoms with Crippen molar-refractivity contribution < 1.29 is 9.21 Å². The van der Waals surface area contributed by atoms with Crippen LogP contribution in [0.5, 0.6) is 0 Å². The van der Waals surface area contributed by atoms with Gasteiger partial charge in [0.1, 0.15) is 5.76 Å². The topological polar surface area (TPSA) is 91.1 Å². The Morgan fingerprint density at radius 3 is 2.91 bits per heavy atom. The Morgan fingerprint density at radius 2 is 2.22 bits per heavy atom. The van der Waals surface area contributed by atoms with E-state index in [-0.39, 0.29) is 17.9 Å². The van der Waals surface area contributed by atoms with Crippen LogP contribution in [0.4, 0.5) is 0 Å². The molecular weight excluding hydrogens is 382 g/mol. The minimum atomic E-state index is -0.468. The molecule has 0 aliphatic rings. The van der Waals surface area contributed by atoms with Gasteiger partial charge in [-0.15, -0.1) is 0 Å². The molecule has 0 aliphatic carbocycles. The number of carbonyl (C=O) groups is 1. The molecule has 3 aromatic rings. The van der Waals surface area contributed by atoms with E-state index in [0.29, 0.717) is 21.8 Å². The molecule has 1 amide bonds. The second-order valence-electron chi connectivity index (χ2n) is 4.78. The number of hydrogen-bond donors (Lipinski definition) is 1. The lowest BCUT2D eigenvalue weighted by atomic mass is 10.2. The third-order valence-electron chi connectivity index (χ3n) is 3.12. The van der Waals surface area contributed by atoms with Crippen LogP contribution in [0.25, 0.3) is 10.9 Å². The minimum absolute atomic E-state index is 0.0482. The fourth-order valence-electron chi connectivity index (χ4n) is 2.12. The highest BCUT2D eigenvalue weighted by Gasteiger charge is 2.14. The summed E-state index contributed by atoms with van der Waals surface area (Å²) in [4.78, 5) is 28.3. The van der Waals surface area contributed by atoms with Crippen LogP contribution < -0.4 is 11.3 Å². The SMILES string of the molecule is NC(=O)CSc1nc2ccc(Br)cc2c(=O)n1Cc1ccco1. The molecule has 1 aromatic carbocycles. The van der Waals surface area contributed by atoms with Crippen molar-refractivity contribution in [1.82, 2.24) is 9.55 Å². The number of fused-ring (bicyclic) bond motifs is 1. The number of benzene rings is 1. The Labute approximate surface area is 143 Å². The molecule has 3 rings (SSSR count). The average Bonchev–Trinajstić information content (AvgIpc) is 3.02. The monoisotopic (exact) mass is 393 g/mol. The van der Waals surface area contributed by atoms with Gasteiger partial charge in [0.05, 0.1) is 29.5 Å². The van der Waals surface area contributed by atoms with Gasteiger partial charge in [0.25, 0.3) is 5.56 Å². The highest BCUT2D eigenvalue weighted by Crippen LogP contribution is 2.21. The maximum Gasteiger partial charge on any atom is 0.262 e. The number of amides is 1. The Hall–Kier alpha value is -2.06. The molecule has 0 spiro atoms. The number of carbonyl (C=O) groups excluding carboxylic acids is 1. The van der Waals surface area contributed by atoms with E-state index < -0.39 is 5.91 Å². The zero-order valence-corrected chi connectivity index (χ0v) is 14.3. The van der Waals surface area contributed by atoms with Gasteiger partial charge in [0.2, 0.25) is 5.91 Å². The van der Waals surface area contributed by atoms with Crippen LogP contribution in [0.3, 0.4) is 0 Å². The third-order valence-corrected chi connectivity index (χ3v) is 4.61. The Kier molecular flexibility index (Phi) is 4.53. The van der Waals surface area contributed by atoms with E-state index in [1.54, 1.807) is 30.5 Å². The first kappa shape index (κ1) is 15.8. The molecule has 2 aromatic heterocycles. The van der Waals surface area contributed by atoms with Crippen LogP contribution in [-0.2, 0) is 11.3 Å². The number of rotatable bonds is 5. The maximum atomic E-state index is 12.8. The number of thioether (sulfide) groups is 1. The molecule has 0 saturated heterocycles. The van der Waals surface area contributed by atoms with Gasteiger partial charge in [-0.1, -0.05) is 27.7 Å². The number of aromatic nitrogens is 2. The molecule has 0 aliphatic heterocycles. The number of nitrogens with two attached hydrogens (primary N) is 1. The third kappa shape index (κ3) is 3.48. The number of furan rings is 1. The lowest BCUT2D eigenvalue weighted by molar-refractivity contribution is -0.115. The van der Waals surface area contributed by atoms with Gasteiger partial charge < -0.3 is 10.2 Å². The summed E-state index contributed by atoms with van der Waals surface area (Å²) in [6, 6.07) is 8.83. The normalized spacial score (nSPS) is 11.0. The molecule has 0 saturated carbocycles. The van der Waals surface area contributed by atoms with Crippen molar-refractivity contribution in [3.8, 4) is 0 Å². The van der Waals surface area contributed by atoms with Gasteiger partial charge in [0, 0.05) is 4.47 Å². The van der Waals surface area contributed by atoms with Crippen LogP contribution in [0.15, 0.2) is 55.4 Å². The standard InChI is InChI=1S/C15H12BrN3O3S/c16-9-3-4-12-11(6-9)14(21)19(7-10-2-1-5-22-10)15(18-12)23-8-13(17)20/h1-6H,7-8H2,(H2,17,20). The summed E-state index contributed by atoms with van der Waals surface area (Å²) >= 11 is 4.49. The Bertz CT molecular complexity index is 922. The lowest BCUT2D eigenvalue weighted by Gasteiger charge is -2.11. The first-order valence-electron chi connectivity index (χ1n) is 6.68. The summed E-state index contributed by atoms with van der Waals surface area (Å²) in [6.45, 7) is 0.238. The zero-order valence-electron chi connectivity index (χ0n) is 11.9. The van der Waals surface area contributed by atoms with Gasteiger partial charge in [-0.25, -0.2) is 4.98 Å². The quantitative estimate of drug-likeness (QED) is 0.530. The van der Waals surface area contributed by atoms with Crippen LogP contribution in [0, 0.1) is 0 Å². The molecule has 0 radical (unpaired) electrons. The van der Waals surface area contributed by atoms with Crippen molar-refractivity contribution >= 4 is 44.5 Å². The van der Waals surface area contributed by atoms with E-state index in [1.807, 2.05) is 6.07 Å². The molecule has 0 atom stereocenters. The summed E-state index contributed by atoms with van der Waals surface area (Å²) in [6.07, 6.45) is 1.54. The highest BCUT2D eigenvalue weighted by atomic mass is 79.9. The minimum Gasteiger partial charge on any atom is -0.467 e. The molecule has 2 heterocycles. The summed E-state index contributed by atoms with van der Waals surface area (Å²) in [5, 5.41) is 0.925. The van der Waals surface area contributed by atoms with Crippen LogP contribution >= 0.6 is 27.7 Å². The van der Waals surface area contributed by atoms with E-state index in [4.69, 9.17) is 10.2 Å². The molecule has 0 bridgehead atoms. The van der Waals surface area contributed by atoms with Crippen molar-refractivity contribution in [2.24, 2.45) is 5.73 Å². The predicted molar refractivity (Wildman–Crippen MR) is 91.4 cm³/mol.